The van der Waals surface area contributed by atoms with Crippen LogP contribution in [0.25, 0.3) is 0 Å². The van der Waals surface area contributed by atoms with Crippen LogP contribution in [0, 0.1) is 0 Å². The first-order valence-corrected chi connectivity index (χ1v) is 7.08. The second kappa shape index (κ2) is 7.81. The highest BCUT2D eigenvalue weighted by molar-refractivity contribution is 5.93. The van der Waals surface area contributed by atoms with Crippen molar-refractivity contribution in [3.05, 3.63) is 24.0 Å². The van der Waals surface area contributed by atoms with Crippen molar-refractivity contribution in [2.75, 3.05) is 51.3 Å². The number of anilines is 1. The molecule has 110 valence electrons. The fourth-order valence-electron chi connectivity index (χ4n) is 2.11. The third-order valence-electron chi connectivity index (χ3n) is 3.19. The summed E-state index contributed by atoms with van der Waals surface area (Å²) in [4.78, 5) is 18.4. The normalized spacial score (nSPS) is 15.8. The van der Waals surface area contributed by atoms with Crippen molar-refractivity contribution in [2.24, 2.45) is 0 Å². The summed E-state index contributed by atoms with van der Waals surface area (Å²) in [5, 5.41) is 6.07. The number of hydrogen-bond acceptors (Lipinski definition) is 5. The number of carbonyl (C=O) groups excluding carboxylic acids is 1. The summed E-state index contributed by atoms with van der Waals surface area (Å²) in [6.07, 6.45) is 1.65. The van der Waals surface area contributed by atoms with E-state index in [1.807, 2.05) is 13.0 Å². The molecule has 2 heterocycles. The Labute approximate surface area is 119 Å². The van der Waals surface area contributed by atoms with Gasteiger partial charge in [0.1, 0.15) is 5.69 Å². The highest BCUT2D eigenvalue weighted by Crippen LogP contribution is 2.07. The fraction of sp³-hybridized carbons (Fsp3) is 0.571. The van der Waals surface area contributed by atoms with Gasteiger partial charge in [-0.3, -0.25) is 14.7 Å². The Balaban J connectivity index is 1.77. The first-order valence-electron chi connectivity index (χ1n) is 7.08. The van der Waals surface area contributed by atoms with Gasteiger partial charge in [0.2, 0.25) is 0 Å². The number of rotatable bonds is 6. The van der Waals surface area contributed by atoms with Crippen molar-refractivity contribution in [1.29, 1.82) is 0 Å². The molecule has 0 aliphatic carbocycles. The number of aromatic nitrogens is 1. The maximum atomic E-state index is 12.0. The lowest BCUT2D eigenvalue weighted by Gasteiger charge is -2.26. The number of nitrogens with one attached hydrogen (secondary N) is 2. The average molecular weight is 278 g/mol. The quantitative estimate of drug-likeness (QED) is 0.796. The largest absolute Gasteiger partial charge is 0.385 e. The molecule has 2 N–H and O–H groups in total. The maximum absolute atomic E-state index is 12.0. The van der Waals surface area contributed by atoms with Crippen LogP contribution >= 0.6 is 0 Å². The summed E-state index contributed by atoms with van der Waals surface area (Å²) in [6, 6.07) is 3.63. The number of hydrogen-bond donors (Lipinski definition) is 2. The summed E-state index contributed by atoms with van der Waals surface area (Å²) in [7, 11) is 0. The lowest BCUT2D eigenvalue weighted by molar-refractivity contribution is 0.0383. The van der Waals surface area contributed by atoms with E-state index in [1.165, 1.54) is 0 Å². The molecule has 0 aromatic carbocycles. The van der Waals surface area contributed by atoms with E-state index < -0.39 is 0 Å². The number of amides is 1. The maximum Gasteiger partial charge on any atom is 0.269 e. The standard InChI is InChI=1S/C14H22N4O2/c1-2-15-12-3-4-16-13(11-12)14(19)17-5-6-18-7-9-20-10-8-18/h3-4,11H,2,5-10H2,1H3,(H,15,16)(H,17,19). The third kappa shape index (κ3) is 4.47. The van der Waals surface area contributed by atoms with E-state index in [2.05, 4.69) is 20.5 Å². The minimum Gasteiger partial charge on any atom is -0.385 e. The molecule has 0 bridgehead atoms. The minimum absolute atomic E-state index is 0.127. The van der Waals surface area contributed by atoms with E-state index >= 15 is 0 Å². The molecule has 0 unspecified atom stereocenters. The van der Waals surface area contributed by atoms with Crippen molar-refractivity contribution in [3.63, 3.8) is 0 Å². The Morgan fingerprint density at radius 1 is 1.45 bits per heavy atom. The molecule has 2 rings (SSSR count). The third-order valence-corrected chi connectivity index (χ3v) is 3.19. The molecule has 1 aromatic heterocycles. The molecule has 1 aliphatic heterocycles. The van der Waals surface area contributed by atoms with Crippen molar-refractivity contribution >= 4 is 11.6 Å². The van der Waals surface area contributed by atoms with Crippen LogP contribution in [0.4, 0.5) is 5.69 Å². The molecule has 0 spiro atoms. The highest BCUT2D eigenvalue weighted by atomic mass is 16.5. The molecule has 0 atom stereocenters. The van der Waals surface area contributed by atoms with Crippen LogP contribution in [0.5, 0.6) is 0 Å². The van der Waals surface area contributed by atoms with Crippen molar-refractivity contribution in [1.82, 2.24) is 15.2 Å². The number of pyridine rings is 1. The Kier molecular flexibility index (Phi) is 5.76. The first-order chi connectivity index (χ1) is 9.79. The summed E-state index contributed by atoms with van der Waals surface area (Å²) < 4.78 is 5.29. The second-order valence-corrected chi connectivity index (χ2v) is 4.67. The molecule has 20 heavy (non-hydrogen) atoms. The van der Waals surface area contributed by atoms with Crippen LogP contribution in [-0.2, 0) is 4.74 Å². The monoisotopic (exact) mass is 278 g/mol. The first kappa shape index (κ1) is 14.7. The number of carbonyl (C=O) groups is 1. The Morgan fingerprint density at radius 2 is 2.25 bits per heavy atom. The zero-order valence-corrected chi connectivity index (χ0v) is 11.9. The molecule has 0 radical (unpaired) electrons. The smallest absolute Gasteiger partial charge is 0.269 e. The van der Waals surface area contributed by atoms with Gasteiger partial charge in [-0.25, -0.2) is 0 Å². The Hall–Kier alpha value is -1.66. The van der Waals surface area contributed by atoms with Crippen molar-refractivity contribution in [2.45, 2.75) is 6.92 Å². The predicted molar refractivity (Wildman–Crippen MR) is 78.0 cm³/mol. The molecule has 6 nitrogen and oxygen atoms in total. The summed E-state index contributed by atoms with van der Waals surface area (Å²) in [5.74, 6) is -0.127. The van der Waals surface area contributed by atoms with Crippen molar-refractivity contribution in [3.8, 4) is 0 Å². The van der Waals surface area contributed by atoms with Gasteiger partial charge in [-0.05, 0) is 19.1 Å². The second-order valence-electron chi connectivity index (χ2n) is 4.67. The number of nitrogens with zero attached hydrogens (tertiary/aromatic N) is 2. The van der Waals surface area contributed by atoms with Crippen LogP contribution in [-0.4, -0.2) is 61.7 Å². The van der Waals surface area contributed by atoms with Gasteiger partial charge < -0.3 is 15.4 Å². The summed E-state index contributed by atoms with van der Waals surface area (Å²) in [6.45, 7) is 7.74. The number of morpholine rings is 1. The van der Waals surface area contributed by atoms with Gasteiger partial charge in [-0.15, -0.1) is 0 Å². The molecular formula is C14H22N4O2. The van der Waals surface area contributed by atoms with E-state index in [9.17, 15) is 4.79 Å². The Morgan fingerprint density at radius 3 is 3.00 bits per heavy atom. The van der Waals surface area contributed by atoms with E-state index in [0.717, 1.165) is 45.1 Å². The predicted octanol–water partition coefficient (Wildman–Crippen LogP) is 0.575. The van der Waals surface area contributed by atoms with Crippen LogP contribution in [0.1, 0.15) is 17.4 Å². The summed E-state index contributed by atoms with van der Waals surface area (Å²) >= 11 is 0. The molecule has 1 amide bonds. The molecule has 6 heteroatoms. The van der Waals surface area contributed by atoms with Gasteiger partial charge in [-0.2, -0.15) is 0 Å². The van der Waals surface area contributed by atoms with Crippen LogP contribution in [0.15, 0.2) is 18.3 Å². The lowest BCUT2D eigenvalue weighted by Crippen LogP contribution is -2.41. The lowest BCUT2D eigenvalue weighted by atomic mass is 10.3. The van der Waals surface area contributed by atoms with Gasteiger partial charge in [0.05, 0.1) is 13.2 Å². The molecule has 1 aliphatic rings. The minimum atomic E-state index is -0.127. The van der Waals surface area contributed by atoms with Crippen LogP contribution in [0.2, 0.25) is 0 Å². The van der Waals surface area contributed by atoms with Gasteiger partial charge >= 0.3 is 0 Å². The fourth-order valence-corrected chi connectivity index (χ4v) is 2.11. The van der Waals surface area contributed by atoms with E-state index in [1.54, 1.807) is 12.3 Å². The number of ether oxygens (including phenoxy) is 1. The van der Waals surface area contributed by atoms with E-state index in [0.29, 0.717) is 12.2 Å². The van der Waals surface area contributed by atoms with E-state index in [4.69, 9.17) is 4.74 Å². The molecule has 1 saturated heterocycles. The highest BCUT2D eigenvalue weighted by Gasteiger charge is 2.11. The van der Waals surface area contributed by atoms with Crippen molar-refractivity contribution < 1.29 is 9.53 Å². The SMILES string of the molecule is CCNc1ccnc(C(=O)NCCN2CCOCC2)c1. The zero-order valence-electron chi connectivity index (χ0n) is 11.9. The molecule has 1 fully saturated rings. The van der Waals surface area contributed by atoms with E-state index in [-0.39, 0.29) is 5.91 Å². The van der Waals surface area contributed by atoms with Gasteiger partial charge in [0, 0.05) is 44.6 Å². The average Bonchev–Trinajstić information content (AvgIpc) is 2.49. The Bertz CT molecular complexity index is 433. The van der Waals surface area contributed by atoms with Crippen LogP contribution in [0.3, 0.4) is 0 Å². The summed E-state index contributed by atoms with van der Waals surface area (Å²) in [5.41, 5.74) is 1.37. The topological polar surface area (TPSA) is 66.5 Å². The molecule has 1 aromatic rings. The van der Waals surface area contributed by atoms with Gasteiger partial charge in [-0.1, -0.05) is 0 Å². The molecular weight excluding hydrogens is 256 g/mol. The van der Waals surface area contributed by atoms with Gasteiger partial charge in [0.15, 0.2) is 0 Å². The zero-order chi connectivity index (χ0) is 14.2. The molecule has 0 saturated carbocycles. The van der Waals surface area contributed by atoms with Crippen LogP contribution < -0.4 is 10.6 Å². The van der Waals surface area contributed by atoms with Gasteiger partial charge in [0.25, 0.3) is 5.91 Å².